The number of imidazole rings is 1. The SMILES string of the molecule is Cc1cc(C)c(C)c(Cn2c(C3CC(=O)N(c4cccc(Br)c4)C3)nc3ccccc32)c1C. The second-order valence-corrected chi connectivity index (χ2v) is 10.1. The van der Waals surface area contributed by atoms with E-state index in [0.29, 0.717) is 13.0 Å². The molecule has 4 aromatic rings. The maximum absolute atomic E-state index is 13.0. The van der Waals surface area contributed by atoms with Gasteiger partial charge in [-0.15, -0.1) is 0 Å². The molecule has 1 aliphatic rings. The molecule has 2 heterocycles. The standard InChI is InChI=1S/C28H28BrN3O/c1-17-12-18(2)20(4)24(19(17)3)16-32-26-11-6-5-10-25(26)30-28(32)21-13-27(33)31(15-21)23-9-7-8-22(29)14-23/h5-12,14,21H,13,15-16H2,1-4H3. The van der Waals surface area contributed by atoms with Gasteiger partial charge in [-0.05, 0) is 85.8 Å². The maximum Gasteiger partial charge on any atom is 0.227 e. The maximum atomic E-state index is 13.0. The topological polar surface area (TPSA) is 38.1 Å². The zero-order valence-electron chi connectivity index (χ0n) is 19.5. The van der Waals surface area contributed by atoms with Gasteiger partial charge in [0.05, 0.1) is 11.0 Å². The van der Waals surface area contributed by atoms with Gasteiger partial charge in [0.15, 0.2) is 0 Å². The van der Waals surface area contributed by atoms with Gasteiger partial charge in [0.1, 0.15) is 5.82 Å². The highest BCUT2D eigenvalue weighted by molar-refractivity contribution is 9.10. The van der Waals surface area contributed by atoms with Crippen molar-refractivity contribution in [2.75, 3.05) is 11.4 Å². The molecule has 1 aromatic heterocycles. The summed E-state index contributed by atoms with van der Waals surface area (Å²) in [7, 11) is 0. The fourth-order valence-electron chi connectivity index (χ4n) is 5.04. The summed E-state index contributed by atoms with van der Waals surface area (Å²) in [4.78, 5) is 20.0. The van der Waals surface area contributed by atoms with E-state index in [1.807, 2.05) is 35.2 Å². The molecule has 4 nitrogen and oxygen atoms in total. The van der Waals surface area contributed by atoms with Crippen LogP contribution >= 0.6 is 15.9 Å². The highest BCUT2D eigenvalue weighted by Gasteiger charge is 2.35. The van der Waals surface area contributed by atoms with Crippen molar-refractivity contribution in [3.63, 3.8) is 0 Å². The van der Waals surface area contributed by atoms with Gasteiger partial charge in [-0.3, -0.25) is 4.79 Å². The van der Waals surface area contributed by atoms with Crippen LogP contribution in [0.15, 0.2) is 59.1 Å². The van der Waals surface area contributed by atoms with Crippen LogP contribution in [0.2, 0.25) is 0 Å². The minimum Gasteiger partial charge on any atom is -0.323 e. The van der Waals surface area contributed by atoms with Gasteiger partial charge in [-0.2, -0.15) is 0 Å². The van der Waals surface area contributed by atoms with Crippen LogP contribution in [0.25, 0.3) is 11.0 Å². The Hall–Kier alpha value is -2.92. The van der Waals surface area contributed by atoms with E-state index in [0.717, 1.165) is 33.6 Å². The number of halogens is 1. The van der Waals surface area contributed by atoms with E-state index in [2.05, 4.69) is 72.5 Å². The molecule has 3 aromatic carbocycles. The molecule has 0 spiro atoms. The van der Waals surface area contributed by atoms with Gasteiger partial charge < -0.3 is 9.47 Å². The Morgan fingerprint density at radius 1 is 0.970 bits per heavy atom. The smallest absolute Gasteiger partial charge is 0.227 e. The molecule has 5 heteroatoms. The number of para-hydroxylation sites is 2. The Labute approximate surface area is 203 Å². The Morgan fingerprint density at radius 2 is 1.70 bits per heavy atom. The minimum absolute atomic E-state index is 0.0513. The Morgan fingerprint density at radius 3 is 2.42 bits per heavy atom. The third kappa shape index (κ3) is 3.89. The van der Waals surface area contributed by atoms with Crippen molar-refractivity contribution in [2.24, 2.45) is 0 Å². The van der Waals surface area contributed by atoms with Crippen molar-refractivity contribution >= 4 is 38.6 Å². The molecule has 1 unspecified atom stereocenters. The fraction of sp³-hybridized carbons (Fsp3) is 0.286. The van der Waals surface area contributed by atoms with Crippen molar-refractivity contribution in [1.82, 2.24) is 9.55 Å². The molecule has 0 radical (unpaired) electrons. The molecule has 0 saturated carbocycles. The van der Waals surface area contributed by atoms with Gasteiger partial charge in [-0.1, -0.05) is 40.2 Å². The van der Waals surface area contributed by atoms with E-state index >= 15 is 0 Å². The lowest BCUT2D eigenvalue weighted by atomic mass is 9.94. The van der Waals surface area contributed by atoms with Crippen LogP contribution < -0.4 is 4.90 Å². The number of benzene rings is 3. The van der Waals surface area contributed by atoms with E-state index in [4.69, 9.17) is 4.98 Å². The van der Waals surface area contributed by atoms with Crippen LogP contribution in [-0.2, 0) is 11.3 Å². The summed E-state index contributed by atoms with van der Waals surface area (Å²) in [5, 5.41) is 0. The molecular formula is C28H28BrN3O. The zero-order chi connectivity index (χ0) is 23.3. The summed E-state index contributed by atoms with van der Waals surface area (Å²) in [6.45, 7) is 10.2. The number of carbonyl (C=O) groups is 1. The third-order valence-corrected chi connectivity index (χ3v) is 7.62. The molecule has 168 valence electrons. The largest absolute Gasteiger partial charge is 0.323 e. The Balaban J connectivity index is 1.58. The van der Waals surface area contributed by atoms with Crippen molar-refractivity contribution in [3.8, 4) is 0 Å². The number of aromatic nitrogens is 2. The number of aryl methyl sites for hydroxylation is 2. The molecule has 33 heavy (non-hydrogen) atoms. The molecule has 1 saturated heterocycles. The Kier molecular flexibility index (Phi) is 5.61. The van der Waals surface area contributed by atoms with E-state index in [1.54, 1.807) is 0 Å². The number of anilines is 1. The first-order valence-corrected chi connectivity index (χ1v) is 12.2. The normalized spacial score (nSPS) is 16.2. The van der Waals surface area contributed by atoms with Crippen molar-refractivity contribution < 1.29 is 4.79 Å². The lowest BCUT2D eigenvalue weighted by Crippen LogP contribution is -2.24. The molecule has 0 N–H and O–H groups in total. The number of hydrogen-bond donors (Lipinski definition) is 0. The van der Waals surface area contributed by atoms with E-state index in [1.165, 1.54) is 27.8 Å². The number of hydrogen-bond acceptors (Lipinski definition) is 2. The van der Waals surface area contributed by atoms with Crippen LogP contribution in [0.5, 0.6) is 0 Å². The first-order valence-electron chi connectivity index (χ1n) is 11.4. The molecular weight excluding hydrogens is 474 g/mol. The summed E-state index contributed by atoms with van der Waals surface area (Å²) in [6.07, 6.45) is 0.473. The molecule has 1 atom stereocenters. The van der Waals surface area contributed by atoms with Crippen LogP contribution in [0.1, 0.15) is 46.0 Å². The number of rotatable bonds is 4. The van der Waals surface area contributed by atoms with Gasteiger partial charge in [-0.25, -0.2) is 4.98 Å². The van der Waals surface area contributed by atoms with Crippen LogP contribution in [-0.4, -0.2) is 22.0 Å². The summed E-state index contributed by atoms with van der Waals surface area (Å²) in [5.41, 5.74) is 9.69. The average Bonchev–Trinajstić information content (AvgIpc) is 3.36. The molecule has 0 bridgehead atoms. The summed E-state index contributed by atoms with van der Waals surface area (Å²) < 4.78 is 3.32. The van der Waals surface area contributed by atoms with Gasteiger partial charge >= 0.3 is 0 Å². The molecule has 0 aliphatic carbocycles. The van der Waals surface area contributed by atoms with Gasteiger partial charge in [0, 0.05) is 35.6 Å². The van der Waals surface area contributed by atoms with Crippen molar-refractivity contribution in [2.45, 2.75) is 46.6 Å². The number of amides is 1. The highest BCUT2D eigenvalue weighted by Crippen LogP contribution is 2.35. The zero-order valence-corrected chi connectivity index (χ0v) is 21.1. The Bertz CT molecular complexity index is 1360. The second-order valence-electron chi connectivity index (χ2n) is 9.17. The van der Waals surface area contributed by atoms with Gasteiger partial charge in [0.2, 0.25) is 5.91 Å². The van der Waals surface area contributed by atoms with E-state index < -0.39 is 0 Å². The molecule has 5 rings (SSSR count). The lowest BCUT2D eigenvalue weighted by molar-refractivity contribution is -0.117. The van der Waals surface area contributed by atoms with Gasteiger partial charge in [0.25, 0.3) is 0 Å². The first-order chi connectivity index (χ1) is 15.8. The lowest BCUT2D eigenvalue weighted by Gasteiger charge is -2.20. The van der Waals surface area contributed by atoms with E-state index in [-0.39, 0.29) is 11.8 Å². The summed E-state index contributed by atoms with van der Waals surface area (Å²) >= 11 is 3.53. The highest BCUT2D eigenvalue weighted by atomic mass is 79.9. The van der Waals surface area contributed by atoms with Crippen molar-refractivity contribution in [3.05, 3.63) is 92.7 Å². The number of carbonyl (C=O) groups excluding carboxylic acids is 1. The first kappa shape index (κ1) is 21.9. The summed E-state index contributed by atoms with van der Waals surface area (Å²) in [5.74, 6) is 1.20. The quantitative estimate of drug-likeness (QED) is 0.315. The molecule has 1 aliphatic heterocycles. The second kappa shape index (κ2) is 8.45. The van der Waals surface area contributed by atoms with Crippen LogP contribution in [0, 0.1) is 27.7 Å². The average molecular weight is 502 g/mol. The van der Waals surface area contributed by atoms with Crippen molar-refractivity contribution in [1.29, 1.82) is 0 Å². The number of fused-ring (bicyclic) bond motifs is 1. The molecule has 1 amide bonds. The minimum atomic E-state index is 0.0513. The summed E-state index contributed by atoms with van der Waals surface area (Å²) in [6, 6.07) is 18.5. The fourth-order valence-corrected chi connectivity index (χ4v) is 5.43. The predicted molar refractivity (Wildman–Crippen MR) is 138 cm³/mol. The van der Waals surface area contributed by atoms with Crippen LogP contribution in [0.3, 0.4) is 0 Å². The van der Waals surface area contributed by atoms with E-state index in [9.17, 15) is 4.79 Å². The predicted octanol–water partition coefficient (Wildman–Crippen LogP) is 6.60. The molecule has 1 fully saturated rings. The number of nitrogens with zero attached hydrogens (tertiary/aromatic N) is 3. The third-order valence-electron chi connectivity index (χ3n) is 7.13. The van der Waals surface area contributed by atoms with Crippen LogP contribution in [0.4, 0.5) is 5.69 Å². The monoisotopic (exact) mass is 501 g/mol.